The fraction of sp³-hybridized carbons (Fsp3) is 0.217. The summed E-state index contributed by atoms with van der Waals surface area (Å²) in [6, 6.07) is 16.3. The van der Waals surface area contributed by atoms with E-state index in [0.29, 0.717) is 0 Å². The van der Waals surface area contributed by atoms with Crippen molar-refractivity contribution >= 4 is 18.0 Å². The van der Waals surface area contributed by atoms with Gasteiger partial charge in [-0.15, -0.1) is 0 Å². The first-order chi connectivity index (χ1) is 15.4. The average molecular weight is 435 g/mol. The standard InChI is InChI=1S/C23H21N3O6/c1-13(22(28)29)25-21(27)20-10-14(32-26-20)11-24-23(30)31-12-19-17-8-4-2-6-15(17)16-7-3-5-9-18(16)19/h2-10,13,19H,11-12H2,1H3,(H,24,30)(H,25,27)(H,28,29). The minimum absolute atomic E-state index is 0.0363. The maximum Gasteiger partial charge on any atom is 0.407 e. The van der Waals surface area contributed by atoms with Crippen molar-refractivity contribution in [3.05, 3.63) is 77.2 Å². The van der Waals surface area contributed by atoms with E-state index in [4.69, 9.17) is 14.4 Å². The second kappa shape index (κ2) is 8.93. The van der Waals surface area contributed by atoms with Gasteiger partial charge in [-0.2, -0.15) is 0 Å². The number of nitrogens with one attached hydrogen (secondary N) is 2. The van der Waals surface area contributed by atoms with E-state index in [-0.39, 0.29) is 30.5 Å². The lowest BCUT2D eigenvalue weighted by atomic mass is 9.98. The van der Waals surface area contributed by atoms with Crippen molar-refractivity contribution in [2.75, 3.05) is 6.61 Å². The minimum atomic E-state index is -1.17. The number of fused-ring (bicyclic) bond motifs is 3. The van der Waals surface area contributed by atoms with Gasteiger partial charge in [0.05, 0.1) is 6.54 Å². The van der Waals surface area contributed by atoms with Crippen molar-refractivity contribution in [2.24, 2.45) is 0 Å². The highest BCUT2D eigenvalue weighted by Crippen LogP contribution is 2.44. The number of aromatic nitrogens is 1. The van der Waals surface area contributed by atoms with Gasteiger partial charge in [-0.1, -0.05) is 53.7 Å². The van der Waals surface area contributed by atoms with Crippen LogP contribution in [0.1, 0.15) is 40.2 Å². The molecule has 2 aromatic carbocycles. The van der Waals surface area contributed by atoms with Crippen LogP contribution in [0.25, 0.3) is 11.1 Å². The van der Waals surface area contributed by atoms with Crippen LogP contribution in [0, 0.1) is 0 Å². The Bertz CT molecular complexity index is 1130. The summed E-state index contributed by atoms with van der Waals surface area (Å²) in [6.07, 6.45) is -0.631. The number of carboxylic acid groups (broad SMARTS) is 1. The van der Waals surface area contributed by atoms with E-state index in [1.807, 2.05) is 36.4 Å². The molecule has 3 aromatic rings. The predicted molar refractivity (Wildman–Crippen MR) is 113 cm³/mol. The zero-order valence-electron chi connectivity index (χ0n) is 17.2. The van der Waals surface area contributed by atoms with Crippen LogP contribution in [0.5, 0.6) is 0 Å². The van der Waals surface area contributed by atoms with E-state index >= 15 is 0 Å². The number of rotatable bonds is 7. The van der Waals surface area contributed by atoms with Crippen LogP contribution in [-0.4, -0.2) is 40.9 Å². The third-order valence-electron chi connectivity index (χ3n) is 5.26. The molecule has 1 aromatic heterocycles. The second-order valence-electron chi connectivity index (χ2n) is 7.39. The van der Waals surface area contributed by atoms with Crippen LogP contribution in [0.3, 0.4) is 0 Å². The van der Waals surface area contributed by atoms with E-state index in [0.717, 1.165) is 22.3 Å². The van der Waals surface area contributed by atoms with E-state index in [9.17, 15) is 14.4 Å². The average Bonchev–Trinajstić information content (AvgIpc) is 3.39. The monoisotopic (exact) mass is 435 g/mol. The third kappa shape index (κ3) is 4.31. The molecule has 0 saturated carbocycles. The smallest absolute Gasteiger partial charge is 0.407 e. The van der Waals surface area contributed by atoms with Crippen LogP contribution in [0.4, 0.5) is 4.79 Å². The lowest BCUT2D eigenvalue weighted by molar-refractivity contribution is -0.138. The number of alkyl carbamates (subject to hydrolysis) is 1. The highest BCUT2D eigenvalue weighted by atomic mass is 16.5. The van der Waals surface area contributed by atoms with Gasteiger partial charge in [0.15, 0.2) is 11.5 Å². The van der Waals surface area contributed by atoms with E-state index < -0.39 is 24.0 Å². The van der Waals surface area contributed by atoms with Crippen LogP contribution in [0.2, 0.25) is 0 Å². The Morgan fingerprint density at radius 1 is 1.09 bits per heavy atom. The number of hydrogen-bond acceptors (Lipinski definition) is 6. The summed E-state index contributed by atoms with van der Waals surface area (Å²) in [7, 11) is 0. The Kier molecular flexibility index (Phi) is 5.89. The molecule has 9 heteroatoms. The van der Waals surface area contributed by atoms with Crippen molar-refractivity contribution in [3.8, 4) is 11.1 Å². The number of carbonyl (C=O) groups excluding carboxylic acids is 2. The van der Waals surface area contributed by atoms with E-state index in [1.54, 1.807) is 0 Å². The Morgan fingerprint density at radius 3 is 2.34 bits per heavy atom. The molecule has 1 heterocycles. The number of amides is 2. The number of ether oxygens (including phenoxy) is 1. The zero-order chi connectivity index (χ0) is 22.7. The lowest BCUT2D eigenvalue weighted by Gasteiger charge is -2.14. The molecule has 0 radical (unpaired) electrons. The quantitative estimate of drug-likeness (QED) is 0.520. The van der Waals surface area contributed by atoms with Gasteiger partial charge >= 0.3 is 12.1 Å². The number of benzene rings is 2. The van der Waals surface area contributed by atoms with Crippen LogP contribution in [-0.2, 0) is 16.1 Å². The molecule has 0 spiro atoms. The summed E-state index contributed by atoms with van der Waals surface area (Å²) in [5.74, 6) is -1.67. The van der Waals surface area contributed by atoms with Gasteiger partial charge in [0, 0.05) is 12.0 Å². The van der Waals surface area contributed by atoms with Crippen molar-refractivity contribution in [1.29, 1.82) is 0 Å². The summed E-state index contributed by atoms with van der Waals surface area (Å²) >= 11 is 0. The van der Waals surface area contributed by atoms with E-state index in [2.05, 4.69) is 27.9 Å². The minimum Gasteiger partial charge on any atom is -0.480 e. The first kappa shape index (κ1) is 21.1. The van der Waals surface area contributed by atoms with Crippen molar-refractivity contribution in [1.82, 2.24) is 15.8 Å². The van der Waals surface area contributed by atoms with Crippen LogP contribution < -0.4 is 10.6 Å². The third-order valence-corrected chi connectivity index (χ3v) is 5.26. The van der Waals surface area contributed by atoms with Gasteiger partial charge in [-0.3, -0.25) is 9.59 Å². The van der Waals surface area contributed by atoms with Gasteiger partial charge in [-0.05, 0) is 29.2 Å². The molecule has 0 aliphatic heterocycles. The molecule has 4 rings (SSSR count). The lowest BCUT2D eigenvalue weighted by Crippen LogP contribution is -2.38. The van der Waals surface area contributed by atoms with Gasteiger partial charge < -0.3 is 25.0 Å². The van der Waals surface area contributed by atoms with Gasteiger partial charge in [0.25, 0.3) is 5.91 Å². The molecular weight excluding hydrogens is 414 g/mol. The molecule has 0 saturated heterocycles. The molecular formula is C23H21N3O6. The number of nitrogens with zero attached hydrogens (tertiary/aromatic N) is 1. The summed E-state index contributed by atoms with van der Waals surface area (Å²) in [5.41, 5.74) is 4.43. The molecule has 32 heavy (non-hydrogen) atoms. The summed E-state index contributed by atoms with van der Waals surface area (Å²) in [5, 5.41) is 17.3. The number of carbonyl (C=O) groups is 3. The fourth-order valence-electron chi connectivity index (χ4n) is 3.64. The van der Waals surface area contributed by atoms with Gasteiger partial charge in [0.2, 0.25) is 0 Å². The molecule has 164 valence electrons. The number of aliphatic carboxylic acids is 1. The fourth-order valence-corrected chi connectivity index (χ4v) is 3.64. The Morgan fingerprint density at radius 2 is 1.72 bits per heavy atom. The largest absolute Gasteiger partial charge is 0.480 e. The molecule has 1 unspecified atom stereocenters. The van der Waals surface area contributed by atoms with E-state index in [1.165, 1.54) is 13.0 Å². The molecule has 1 atom stereocenters. The topological polar surface area (TPSA) is 131 Å². The maximum atomic E-state index is 12.2. The summed E-state index contributed by atoms with van der Waals surface area (Å²) in [6.45, 7) is 1.47. The molecule has 0 bridgehead atoms. The van der Waals surface area contributed by atoms with Crippen LogP contribution >= 0.6 is 0 Å². The SMILES string of the molecule is CC(NC(=O)c1cc(CNC(=O)OCC2c3ccccc3-c3ccccc32)on1)C(=O)O. The second-order valence-corrected chi connectivity index (χ2v) is 7.39. The highest BCUT2D eigenvalue weighted by molar-refractivity contribution is 5.94. The normalized spacial score (nSPS) is 13.0. The predicted octanol–water partition coefficient (Wildman–Crippen LogP) is 2.92. The zero-order valence-corrected chi connectivity index (χ0v) is 17.2. The van der Waals surface area contributed by atoms with Crippen LogP contribution in [0.15, 0.2) is 59.1 Å². The summed E-state index contributed by atoms with van der Waals surface area (Å²) < 4.78 is 10.5. The Balaban J connectivity index is 1.32. The maximum absolute atomic E-state index is 12.2. The number of hydrogen-bond donors (Lipinski definition) is 3. The molecule has 3 N–H and O–H groups in total. The van der Waals surface area contributed by atoms with Crippen molar-refractivity contribution < 1.29 is 28.8 Å². The molecule has 0 fully saturated rings. The molecule has 1 aliphatic carbocycles. The molecule has 2 amide bonds. The molecule has 1 aliphatic rings. The first-order valence-corrected chi connectivity index (χ1v) is 10.0. The molecule has 9 nitrogen and oxygen atoms in total. The number of carboxylic acids is 1. The van der Waals surface area contributed by atoms with Gasteiger partial charge in [0.1, 0.15) is 12.6 Å². The first-order valence-electron chi connectivity index (χ1n) is 10.0. The highest BCUT2D eigenvalue weighted by Gasteiger charge is 2.29. The van der Waals surface area contributed by atoms with Gasteiger partial charge in [-0.25, -0.2) is 4.79 Å². The Labute approximate surface area is 183 Å². The summed E-state index contributed by atoms with van der Waals surface area (Å²) in [4.78, 5) is 35.0. The Hall–Kier alpha value is -4.14. The van der Waals surface area contributed by atoms with Crippen molar-refractivity contribution in [3.63, 3.8) is 0 Å². The van der Waals surface area contributed by atoms with Crippen molar-refractivity contribution in [2.45, 2.75) is 25.4 Å².